The molecule has 0 aromatic heterocycles. The number of methoxy groups -OCH3 is 1. The van der Waals surface area contributed by atoms with E-state index >= 15 is 0 Å². The quantitative estimate of drug-likeness (QED) is 0.711. The van der Waals surface area contributed by atoms with E-state index in [1.807, 2.05) is 0 Å². The number of likely N-dealkylation sites (N-methyl/N-ethyl adjacent to an activating group) is 1. The van der Waals surface area contributed by atoms with E-state index in [9.17, 15) is 4.79 Å². The minimum Gasteiger partial charge on any atom is -0.495 e. The number of amides is 1. The van der Waals surface area contributed by atoms with Gasteiger partial charge in [0.15, 0.2) is 0 Å². The fourth-order valence-electron chi connectivity index (χ4n) is 2.03. The molecule has 1 amide bonds. The van der Waals surface area contributed by atoms with Gasteiger partial charge in [-0.1, -0.05) is 13.8 Å². The molecular formula is C15H25N3O2. The standard InChI is InChI=1S/C15H25N3O2/c1-4-9-18(5-2)10-8-17-15(19)12-6-7-13(16)14(11-12)20-3/h6-7,11H,4-5,8-10,16H2,1-3H3,(H,17,19). The first-order chi connectivity index (χ1) is 9.62. The van der Waals surface area contributed by atoms with E-state index in [4.69, 9.17) is 10.5 Å². The van der Waals surface area contributed by atoms with Gasteiger partial charge >= 0.3 is 0 Å². The van der Waals surface area contributed by atoms with Crippen molar-refractivity contribution in [1.29, 1.82) is 0 Å². The van der Waals surface area contributed by atoms with Crippen LogP contribution in [-0.2, 0) is 0 Å². The number of nitrogens with zero attached hydrogens (tertiary/aromatic N) is 1. The average Bonchev–Trinajstić information content (AvgIpc) is 2.46. The van der Waals surface area contributed by atoms with Gasteiger partial charge in [-0.3, -0.25) is 4.79 Å². The Kier molecular flexibility index (Phi) is 6.87. The van der Waals surface area contributed by atoms with Crippen LogP contribution >= 0.6 is 0 Å². The van der Waals surface area contributed by atoms with Crippen LogP contribution in [0.5, 0.6) is 5.75 Å². The lowest BCUT2D eigenvalue weighted by molar-refractivity contribution is 0.0948. The molecular weight excluding hydrogens is 254 g/mol. The predicted molar refractivity (Wildman–Crippen MR) is 82.1 cm³/mol. The number of nitrogens with one attached hydrogen (secondary N) is 1. The van der Waals surface area contributed by atoms with Crippen molar-refractivity contribution in [2.45, 2.75) is 20.3 Å². The van der Waals surface area contributed by atoms with Crippen LogP contribution in [0, 0.1) is 0 Å². The number of carbonyl (C=O) groups is 1. The summed E-state index contributed by atoms with van der Waals surface area (Å²) < 4.78 is 5.11. The zero-order valence-corrected chi connectivity index (χ0v) is 12.6. The summed E-state index contributed by atoms with van der Waals surface area (Å²) in [6.45, 7) is 7.84. The van der Waals surface area contributed by atoms with E-state index in [0.717, 1.165) is 26.1 Å². The normalized spacial score (nSPS) is 10.6. The molecule has 0 bridgehead atoms. The number of ether oxygens (including phenoxy) is 1. The third-order valence-electron chi connectivity index (χ3n) is 3.20. The highest BCUT2D eigenvalue weighted by atomic mass is 16.5. The topological polar surface area (TPSA) is 67.6 Å². The first-order valence-electron chi connectivity index (χ1n) is 7.06. The summed E-state index contributed by atoms with van der Waals surface area (Å²) in [6, 6.07) is 5.05. The van der Waals surface area contributed by atoms with Gasteiger partial charge in [0.2, 0.25) is 0 Å². The van der Waals surface area contributed by atoms with Gasteiger partial charge in [-0.25, -0.2) is 0 Å². The summed E-state index contributed by atoms with van der Waals surface area (Å²) in [5.74, 6) is 0.426. The molecule has 0 saturated carbocycles. The minimum absolute atomic E-state index is 0.101. The smallest absolute Gasteiger partial charge is 0.251 e. The lowest BCUT2D eigenvalue weighted by Crippen LogP contribution is -2.35. The fourth-order valence-corrected chi connectivity index (χ4v) is 2.03. The van der Waals surface area contributed by atoms with Crippen molar-refractivity contribution in [3.8, 4) is 5.75 Å². The summed E-state index contributed by atoms with van der Waals surface area (Å²) in [5, 5.41) is 2.92. The van der Waals surface area contributed by atoms with Crippen molar-refractivity contribution in [1.82, 2.24) is 10.2 Å². The Labute approximate surface area is 121 Å². The van der Waals surface area contributed by atoms with Gasteiger partial charge < -0.3 is 20.7 Å². The maximum absolute atomic E-state index is 12.0. The van der Waals surface area contributed by atoms with Crippen LogP contribution in [0.2, 0.25) is 0 Å². The Balaban J connectivity index is 2.50. The lowest BCUT2D eigenvalue weighted by atomic mass is 10.2. The molecule has 0 fully saturated rings. The number of nitrogen functional groups attached to an aromatic ring is 1. The summed E-state index contributed by atoms with van der Waals surface area (Å²) in [4.78, 5) is 14.3. The molecule has 3 N–H and O–H groups in total. The maximum Gasteiger partial charge on any atom is 0.251 e. The number of benzene rings is 1. The number of rotatable bonds is 8. The molecule has 0 unspecified atom stereocenters. The third kappa shape index (κ3) is 4.74. The molecule has 0 aliphatic carbocycles. The first-order valence-corrected chi connectivity index (χ1v) is 7.06. The fraction of sp³-hybridized carbons (Fsp3) is 0.533. The van der Waals surface area contributed by atoms with Gasteiger partial charge in [-0.15, -0.1) is 0 Å². The van der Waals surface area contributed by atoms with Gasteiger partial charge in [-0.2, -0.15) is 0 Å². The van der Waals surface area contributed by atoms with Crippen LogP contribution in [0.4, 0.5) is 5.69 Å². The summed E-state index contributed by atoms with van der Waals surface area (Å²) in [7, 11) is 1.54. The highest BCUT2D eigenvalue weighted by Gasteiger charge is 2.09. The average molecular weight is 279 g/mol. The highest BCUT2D eigenvalue weighted by Crippen LogP contribution is 2.21. The minimum atomic E-state index is -0.101. The molecule has 1 aromatic rings. The Morgan fingerprint density at radius 2 is 2.10 bits per heavy atom. The third-order valence-corrected chi connectivity index (χ3v) is 3.20. The lowest BCUT2D eigenvalue weighted by Gasteiger charge is -2.19. The Bertz CT molecular complexity index is 435. The second-order valence-electron chi connectivity index (χ2n) is 4.65. The van der Waals surface area contributed by atoms with E-state index in [1.165, 1.54) is 7.11 Å². The van der Waals surface area contributed by atoms with Crippen LogP contribution in [0.3, 0.4) is 0 Å². The molecule has 0 heterocycles. The van der Waals surface area contributed by atoms with E-state index < -0.39 is 0 Å². The number of anilines is 1. The van der Waals surface area contributed by atoms with Crippen LogP contribution in [0.1, 0.15) is 30.6 Å². The van der Waals surface area contributed by atoms with E-state index in [1.54, 1.807) is 18.2 Å². The molecule has 0 atom stereocenters. The first kappa shape index (κ1) is 16.3. The van der Waals surface area contributed by atoms with Crippen molar-refractivity contribution < 1.29 is 9.53 Å². The Hall–Kier alpha value is -1.75. The van der Waals surface area contributed by atoms with Crippen molar-refractivity contribution in [2.24, 2.45) is 0 Å². The van der Waals surface area contributed by atoms with Gasteiger partial charge in [0.05, 0.1) is 12.8 Å². The van der Waals surface area contributed by atoms with Gasteiger partial charge in [0, 0.05) is 18.7 Å². The van der Waals surface area contributed by atoms with Crippen molar-refractivity contribution in [2.75, 3.05) is 39.0 Å². The summed E-state index contributed by atoms with van der Waals surface area (Å²) in [6.07, 6.45) is 1.12. The highest BCUT2D eigenvalue weighted by molar-refractivity contribution is 5.95. The van der Waals surface area contributed by atoms with Crippen LogP contribution in [0.25, 0.3) is 0 Å². The second kappa shape index (κ2) is 8.43. The molecule has 0 radical (unpaired) electrons. The zero-order valence-electron chi connectivity index (χ0n) is 12.6. The van der Waals surface area contributed by atoms with Crippen molar-refractivity contribution in [3.05, 3.63) is 23.8 Å². The molecule has 5 nitrogen and oxygen atoms in total. The molecule has 112 valence electrons. The van der Waals surface area contributed by atoms with Crippen molar-refractivity contribution in [3.63, 3.8) is 0 Å². The van der Waals surface area contributed by atoms with Gasteiger partial charge in [-0.05, 0) is 37.7 Å². The molecule has 5 heteroatoms. The molecule has 1 rings (SSSR count). The summed E-state index contributed by atoms with van der Waals surface area (Å²) >= 11 is 0. The number of nitrogens with two attached hydrogens (primary N) is 1. The Morgan fingerprint density at radius 1 is 1.35 bits per heavy atom. The largest absolute Gasteiger partial charge is 0.495 e. The van der Waals surface area contributed by atoms with Gasteiger partial charge in [0.1, 0.15) is 5.75 Å². The SMILES string of the molecule is CCCN(CC)CCNC(=O)c1ccc(N)c(OC)c1. The van der Waals surface area contributed by atoms with E-state index in [2.05, 4.69) is 24.1 Å². The monoisotopic (exact) mass is 279 g/mol. The van der Waals surface area contributed by atoms with Crippen LogP contribution in [-0.4, -0.2) is 44.1 Å². The zero-order chi connectivity index (χ0) is 15.0. The summed E-state index contributed by atoms with van der Waals surface area (Å²) in [5.41, 5.74) is 6.82. The molecule has 0 aliphatic rings. The van der Waals surface area contributed by atoms with E-state index in [-0.39, 0.29) is 5.91 Å². The number of hydrogen-bond acceptors (Lipinski definition) is 4. The predicted octanol–water partition coefficient (Wildman–Crippen LogP) is 1.74. The number of hydrogen-bond donors (Lipinski definition) is 2. The Morgan fingerprint density at radius 3 is 2.70 bits per heavy atom. The van der Waals surface area contributed by atoms with Crippen LogP contribution < -0.4 is 15.8 Å². The van der Waals surface area contributed by atoms with Crippen LogP contribution in [0.15, 0.2) is 18.2 Å². The van der Waals surface area contributed by atoms with Gasteiger partial charge in [0.25, 0.3) is 5.91 Å². The maximum atomic E-state index is 12.0. The second-order valence-corrected chi connectivity index (χ2v) is 4.65. The molecule has 0 saturated heterocycles. The molecule has 0 spiro atoms. The van der Waals surface area contributed by atoms with E-state index in [0.29, 0.717) is 23.5 Å². The molecule has 20 heavy (non-hydrogen) atoms. The van der Waals surface area contributed by atoms with Crippen molar-refractivity contribution >= 4 is 11.6 Å². The molecule has 1 aromatic carbocycles. The molecule has 0 aliphatic heterocycles. The number of carbonyl (C=O) groups excluding carboxylic acids is 1.